The van der Waals surface area contributed by atoms with E-state index in [1.54, 1.807) is 42.8 Å². The molecule has 1 aromatic carbocycles. The van der Waals surface area contributed by atoms with Crippen molar-refractivity contribution in [3.8, 4) is 5.75 Å². The lowest BCUT2D eigenvalue weighted by Crippen LogP contribution is -2.40. The van der Waals surface area contributed by atoms with Gasteiger partial charge in [0.15, 0.2) is 0 Å². The lowest BCUT2D eigenvalue weighted by atomic mass is 10.2. The van der Waals surface area contributed by atoms with Gasteiger partial charge in [-0.3, -0.25) is 25.2 Å². The van der Waals surface area contributed by atoms with Crippen LogP contribution in [0.15, 0.2) is 35.7 Å². The van der Waals surface area contributed by atoms with Gasteiger partial charge in [-0.25, -0.2) is 0 Å². The lowest BCUT2D eigenvalue weighted by Gasteiger charge is -2.08. The highest BCUT2D eigenvalue weighted by atomic mass is 32.1. The van der Waals surface area contributed by atoms with Gasteiger partial charge in [-0.1, -0.05) is 0 Å². The van der Waals surface area contributed by atoms with E-state index in [0.717, 1.165) is 0 Å². The molecule has 0 aliphatic carbocycles. The number of hydrogen-bond donors (Lipinski definition) is 3. The van der Waals surface area contributed by atoms with Crippen LogP contribution in [0.25, 0.3) is 0 Å². The molecule has 0 saturated carbocycles. The molecule has 0 fully saturated rings. The summed E-state index contributed by atoms with van der Waals surface area (Å²) in [5, 5.41) is 4.75. The van der Waals surface area contributed by atoms with Crippen molar-refractivity contribution in [2.24, 2.45) is 0 Å². The molecule has 0 unspecified atom stereocenters. The number of thiophene rings is 1. The van der Waals surface area contributed by atoms with E-state index >= 15 is 0 Å². The van der Waals surface area contributed by atoms with Crippen molar-refractivity contribution in [2.75, 3.05) is 12.4 Å². The van der Waals surface area contributed by atoms with E-state index < -0.39 is 11.8 Å². The van der Waals surface area contributed by atoms with Gasteiger partial charge in [0.05, 0.1) is 12.7 Å². The maximum Gasteiger partial charge on any atom is 0.272 e. The molecule has 2 rings (SSSR count). The summed E-state index contributed by atoms with van der Waals surface area (Å²) in [5.74, 6) is -0.597. The number of hydrogen-bond acceptors (Lipinski definition) is 5. The number of anilines is 1. The van der Waals surface area contributed by atoms with Crippen LogP contribution in [0, 0.1) is 0 Å². The molecular weight excluding hydrogens is 318 g/mol. The predicted molar refractivity (Wildman–Crippen MR) is 86.5 cm³/mol. The second-order valence-corrected chi connectivity index (χ2v) is 5.40. The lowest BCUT2D eigenvalue weighted by molar-refractivity contribution is -0.119. The molecule has 8 heteroatoms. The van der Waals surface area contributed by atoms with E-state index in [1.807, 2.05) is 0 Å². The van der Waals surface area contributed by atoms with Crippen LogP contribution in [0.5, 0.6) is 5.75 Å². The Bertz CT molecular complexity index is 725. The highest BCUT2D eigenvalue weighted by Gasteiger charge is 2.16. The van der Waals surface area contributed by atoms with E-state index in [1.165, 1.54) is 18.3 Å². The van der Waals surface area contributed by atoms with Crippen molar-refractivity contribution < 1.29 is 19.1 Å². The summed E-state index contributed by atoms with van der Waals surface area (Å²) in [7, 11) is 1.54. The summed E-state index contributed by atoms with van der Waals surface area (Å²) in [6.45, 7) is 1.28. The Morgan fingerprint density at radius 2 is 1.70 bits per heavy atom. The maximum atomic E-state index is 12.2. The Kier molecular flexibility index (Phi) is 5.32. The summed E-state index contributed by atoms with van der Waals surface area (Å²) in [5.41, 5.74) is 5.16. The van der Waals surface area contributed by atoms with Crippen LogP contribution in [0.3, 0.4) is 0 Å². The molecule has 23 heavy (non-hydrogen) atoms. The van der Waals surface area contributed by atoms with Gasteiger partial charge in [0.25, 0.3) is 11.8 Å². The number of rotatable bonds is 4. The summed E-state index contributed by atoms with van der Waals surface area (Å²) >= 11 is 1.21. The largest absolute Gasteiger partial charge is 0.497 e. The Hall–Kier alpha value is -2.87. The van der Waals surface area contributed by atoms with Crippen LogP contribution in [-0.2, 0) is 4.79 Å². The second kappa shape index (κ2) is 7.41. The van der Waals surface area contributed by atoms with E-state index in [4.69, 9.17) is 4.74 Å². The normalized spacial score (nSPS) is 9.83. The van der Waals surface area contributed by atoms with Crippen molar-refractivity contribution in [1.82, 2.24) is 10.9 Å². The van der Waals surface area contributed by atoms with Crippen LogP contribution in [-0.4, -0.2) is 24.8 Å². The number of carbonyl (C=O) groups is 3. The Labute approximate surface area is 136 Å². The molecule has 0 saturated heterocycles. The SMILES string of the molecule is COc1ccc(C(=O)Nc2sccc2C(=O)NNC(C)=O)cc1. The van der Waals surface area contributed by atoms with Gasteiger partial charge in [0, 0.05) is 12.5 Å². The second-order valence-electron chi connectivity index (χ2n) is 4.48. The highest BCUT2D eigenvalue weighted by Crippen LogP contribution is 2.24. The van der Waals surface area contributed by atoms with E-state index in [9.17, 15) is 14.4 Å². The fraction of sp³-hybridized carbons (Fsp3) is 0.133. The van der Waals surface area contributed by atoms with E-state index in [-0.39, 0.29) is 11.5 Å². The third kappa shape index (κ3) is 4.30. The number of benzene rings is 1. The molecule has 1 aromatic heterocycles. The van der Waals surface area contributed by atoms with Gasteiger partial charge in [-0.05, 0) is 35.7 Å². The van der Waals surface area contributed by atoms with Gasteiger partial charge >= 0.3 is 0 Å². The first-order chi connectivity index (χ1) is 11.0. The number of nitrogens with one attached hydrogen (secondary N) is 3. The minimum Gasteiger partial charge on any atom is -0.497 e. The zero-order chi connectivity index (χ0) is 16.8. The quantitative estimate of drug-likeness (QED) is 0.743. The highest BCUT2D eigenvalue weighted by molar-refractivity contribution is 7.14. The summed E-state index contributed by atoms with van der Waals surface area (Å²) in [6, 6.07) is 8.16. The van der Waals surface area contributed by atoms with Crippen molar-refractivity contribution in [2.45, 2.75) is 6.92 Å². The van der Waals surface area contributed by atoms with Gasteiger partial charge < -0.3 is 10.1 Å². The van der Waals surface area contributed by atoms with Crippen molar-refractivity contribution in [3.63, 3.8) is 0 Å². The van der Waals surface area contributed by atoms with Crippen molar-refractivity contribution in [1.29, 1.82) is 0 Å². The Morgan fingerprint density at radius 1 is 1.00 bits per heavy atom. The third-order valence-electron chi connectivity index (χ3n) is 2.84. The fourth-order valence-corrected chi connectivity index (χ4v) is 2.49. The van der Waals surface area contributed by atoms with Crippen LogP contribution in [0.1, 0.15) is 27.6 Å². The molecule has 0 aliphatic heterocycles. The average Bonchev–Trinajstić information content (AvgIpc) is 3.00. The third-order valence-corrected chi connectivity index (χ3v) is 3.67. The Balaban J connectivity index is 2.08. The molecule has 3 amide bonds. The van der Waals surface area contributed by atoms with Crippen molar-refractivity contribution in [3.05, 3.63) is 46.8 Å². The molecular formula is C15H15N3O4S. The molecule has 0 spiro atoms. The predicted octanol–water partition coefficient (Wildman–Crippen LogP) is 1.79. The molecule has 7 nitrogen and oxygen atoms in total. The zero-order valence-electron chi connectivity index (χ0n) is 12.5. The molecule has 0 radical (unpaired) electrons. The van der Waals surface area contributed by atoms with Crippen molar-refractivity contribution >= 4 is 34.1 Å². The standard InChI is InChI=1S/C15H15N3O4S/c1-9(19)17-18-14(21)12-7-8-23-15(12)16-13(20)10-3-5-11(22-2)6-4-10/h3-8H,1-2H3,(H,16,20)(H,17,19)(H,18,21). The molecule has 0 aliphatic rings. The number of amides is 3. The first-order valence-electron chi connectivity index (χ1n) is 6.61. The van der Waals surface area contributed by atoms with Gasteiger partial charge in [-0.15, -0.1) is 11.3 Å². The van der Waals surface area contributed by atoms with Gasteiger partial charge in [-0.2, -0.15) is 0 Å². The molecule has 0 bridgehead atoms. The minimum atomic E-state index is -0.508. The van der Waals surface area contributed by atoms with Gasteiger partial charge in [0.1, 0.15) is 10.8 Å². The number of carbonyl (C=O) groups excluding carboxylic acids is 3. The fourth-order valence-electron chi connectivity index (χ4n) is 1.71. The first kappa shape index (κ1) is 16.5. The zero-order valence-corrected chi connectivity index (χ0v) is 13.3. The van der Waals surface area contributed by atoms with E-state index in [0.29, 0.717) is 16.3 Å². The molecule has 2 aromatic rings. The maximum absolute atomic E-state index is 12.2. The Morgan fingerprint density at radius 3 is 2.30 bits per heavy atom. The molecule has 120 valence electrons. The number of hydrazine groups is 1. The topological polar surface area (TPSA) is 96.5 Å². The van der Waals surface area contributed by atoms with E-state index in [2.05, 4.69) is 16.2 Å². The summed E-state index contributed by atoms with van der Waals surface area (Å²) in [4.78, 5) is 35.0. The van der Waals surface area contributed by atoms with Crippen LogP contribution in [0.2, 0.25) is 0 Å². The number of ether oxygens (including phenoxy) is 1. The van der Waals surface area contributed by atoms with Crippen LogP contribution >= 0.6 is 11.3 Å². The van der Waals surface area contributed by atoms with Gasteiger partial charge in [0.2, 0.25) is 5.91 Å². The molecule has 0 atom stereocenters. The first-order valence-corrected chi connectivity index (χ1v) is 7.49. The summed E-state index contributed by atoms with van der Waals surface area (Å²) < 4.78 is 5.03. The minimum absolute atomic E-state index is 0.269. The monoisotopic (exact) mass is 333 g/mol. The molecule has 1 heterocycles. The summed E-state index contributed by atoms with van der Waals surface area (Å²) in [6.07, 6.45) is 0. The van der Waals surface area contributed by atoms with Crippen LogP contribution in [0.4, 0.5) is 5.00 Å². The number of methoxy groups -OCH3 is 1. The smallest absolute Gasteiger partial charge is 0.272 e. The van der Waals surface area contributed by atoms with Crippen LogP contribution < -0.4 is 20.9 Å². The average molecular weight is 333 g/mol. The molecule has 3 N–H and O–H groups in total.